The average Bonchev–Trinajstić information content (AvgIpc) is 2.78. The van der Waals surface area contributed by atoms with Gasteiger partial charge >= 0.3 is 0 Å². The van der Waals surface area contributed by atoms with Crippen molar-refractivity contribution >= 4 is 46.6 Å². The molecule has 4 rings (SSSR count). The van der Waals surface area contributed by atoms with Gasteiger partial charge in [-0.25, -0.2) is 4.39 Å². The number of nitrogens with one attached hydrogen (secondary N) is 1. The van der Waals surface area contributed by atoms with Crippen LogP contribution in [0, 0.1) is 5.82 Å². The summed E-state index contributed by atoms with van der Waals surface area (Å²) in [5.74, 6) is -1.08. The van der Waals surface area contributed by atoms with Crippen LogP contribution in [0.5, 0.6) is 5.75 Å². The van der Waals surface area contributed by atoms with E-state index in [2.05, 4.69) is 5.32 Å². The Bertz CT molecular complexity index is 1100. The molecule has 0 atom stereocenters. The largest absolute Gasteiger partial charge is 0.494 e. The zero-order valence-electron chi connectivity index (χ0n) is 17.5. The molecule has 166 valence electrons. The number of hydrogen-bond acceptors (Lipinski definition) is 6. The molecule has 0 spiro atoms. The summed E-state index contributed by atoms with van der Waals surface area (Å²) in [7, 11) is 0. The summed E-state index contributed by atoms with van der Waals surface area (Å²) >= 11 is 5.23. The molecular weight excluding hydrogens is 433 g/mol. The standard InChI is InChI=1S/C23H22FN3O4S/c1-2-31-17-5-3-4-16(14-17)27-22(29)18(21(28)25-23(27)32)12-15-6-7-20(19(24)13-15)26-8-10-30-11-9-26/h3-7,12-14H,2,8-11H2,1H3,(H,25,28,32)/b18-12+. The lowest BCUT2D eigenvalue weighted by Crippen LogP contribution is -2.54. The first-order valence-corrected chi connectivity index (χ1v) is 10.7. The predicted molar refractivity (Wildman–Crippen MR) is 123 cm³/mol. The first-order valence-electron chi connectivity index (χ1n) is 10.2. The first kappa shape index (κ1) is 21.9. The van der Waals surface area contributed by atoms with Gasteiger partial charge in [0.2, 0.25) is 0 Å². The maximum atomic E-state index is 14.8. The molecule has 7 nitrogen and oxygen atoms in total. The number of halogens is 1. The van der Waals surface area contributed by atoms with Crippen molar-refractivity contribution in [3.8, 4) is 5.75 Å². The highest BCUT2D eigenvalue weighted by molar-refractivity contribution is 7.80. The maximum Gasteiger partial charge on any atom is 0.270 e. The third kappa shape index (κ3) is 4.49. The Morgan fingerprint density at radius 1 is 1.19 bits per heavy atom. The van der Waals surface area contributed by atoms with E-state index in [1.165, 1.54) is 17.0 Å². The van der Waals surface area contributed by atoms with Crippen LogP contribution in [0.1, 0.15) is 12.5 Å². The Morgan fingerprint density at radius 3 is 2.69 bits per heavy atom. The van der Waals surface area contributed by atoms with Crippen molar-refractivity contribution in [3.05, 3.63) is 59.4 Å². The van der Waals surface area contributed by atoms with Crippen LogP contribution in [0.4, 0.5) is 15.8 Å². The number of ether oxygens (including phenoxy) is 2. The summed E-state index contributed by atoms with van der Waals surface area (Å²) in [5.41, 5.74) is 1.18. The molecule has 0 bridgehead atoms. The Hall–Kier alpha value is -3.30. The minimum atomic E-state index is -0.630. The predicted octanol–water partition coefficient (Wildman–Crippen LogP) is 2.89. The van der Waals surface area contributed by atoms with Gasteiger partial charge in [-0.1, -0.05) is 12.1 Å². The van der Waals surface area contributed by atoms with Crippen LogP contribution in [0.2, 0.25) is 0 Å². The van der Waals surface area contributed by atoms with Crippen LogP contribution in [0.15, 0.2) is 48.0 Å². The van der Waals surface area contributed by atoms with E-state index in [4.69, 9.17) is 21.7 Å². The molecule has 2 aliphatic rings. The second kappa shape index (κ2) is 9.46. The second-order valence-corrected chi connectivity index (χ2v) is 7.59. The van der Waals surface area contributed by atoms with Crippen molar-refractivity contribution in [3.63, 3.8) is 0 Å². The molecule has 0 aromatic heterocycles. The zero-order valence-corrected chi connectivity index (χ0v) is 18.3. The van der Waals surface area contributed by atoms with Crippen LogP contribution >= 0.6 is 12.2 Å². The van der Waals surface area contributed by atoms with Gasteiger partial charge in [0.15, 0.2) is 5.11 Å². The van der Waals surface area contributed by atoms with Gasteiger partial charge < -0.3 is 14.4 Å². The van der Waals surface area contributed by atoms with Crippen molar-refractivity contribution in [1.82, 2.24) is 5.32 Å². The molecule has 0 radical (unpaired) electrons. The van der Waals surface area contributed by atoms with Gasteiger partial charge in [-0.2, -0.15) is 0 Å². The van der Waals surface area contributed by atoms with Crippen molar-refractivity contribution in [2.45, 2.75) is 6.92 Å². The molecule has 32 heavy (non-hydrogen) atoms. The number of amides is 2. The summed E-state index contributed by atoms with van der Waals surface area (Å²) in [4.78, 5) is 28.8. The van der Waals surface area contributed by atoms with Gasteiger partial charge in [0.25, 0.3) is 11.8 Å². The highest BCUT2D eigenvalue weighted by Crippen LogP contribution is 2.27. The summed E-state index contributed by atoms with van der Waals surface area (Å²) in [6.45, 7) is 4.61. The molecule has 2 aliphatic heterocycles. The molecule has 2 aromatic rings. The van der Waals surface area contributed by atoms with E-state index in [0.717, 1.165) is 0 Å². The smallest absolute Gasteiger partial charge is 0.270 e. The molecule has 0 saturated carbocycles. The van der Waals surface area contributed by atoms with E-state index in [0.29, 0.717) is 55.6 Å². The summed E-state index contributed by atoms with van der Waals surface area (Å²) in [6.07, 6.45) is 1.37. The molecule has 2 amide bonds. The number of carbonyl (C=O) groups is 2. The first-order chi connectivity index (χ1) is 15.5. The van der Waals surface area contributed by atoms with Crippen molar-refractivity contribution in [2.24, 2.45) is 0 Å². The van der Waals surface area contributed by atoms with Crippen molar-refractivity contribution in [2.75, 3.05) is 42.7 Å². The Morgan fingerprint density at radius 2 is 1.97 bits per heavy atom. The fraction of sp³-hybridized carbons (Fsp3) is 0.261. The number of hydrogen-bond donors (Lipinski definition) is 1. The fourth-order valence-electron chi connectivity index (χ4n) is 3.61. The van der Waals surface area contributed by atoms with E-state index in [-0.39, 0.29) is 10.7 Å². The van der Waals surface area contributed by atoms with Gasteiger partial charge in [-0.05, 0) is 55.0 Å². The molecule has 2 aromatic carbocycles. The van der Waals surface area contributed by atoms with Crippen LogP contribution in [-0.4, -0.2) is 49.8 Å². The van der Waals surface area contributed by atoms with Gasteiger partial charge in [0.05, 0.1) is 31.2 Å². The number of benzene rings is 2. The zero-order chi connectivity index (χ0) is 22.7. The molecule has 2 saturated heterocycles. The van der Waals surface area contributed by atoms with E-state index in [9.17, 15) is 14.0 Å². The Labute approximate surface area is 190 Å². The van der Waals surface area contributed by atoms with Gasteiger partial charge in [0, 0.05) is 19.2 Å². The molecular formula is C23H22FN3O4S. The van der Waals surface area contributed by atoms with E-state index in [1.54, 1.807) is 36.4 Å². The van der Waals surface area contributed by atoms with E-state index >= 15 is 0 Å². The lowest BCUT2D eigenvalue weighted by atomic mass is 10.1. The van der Waals surface area contributed by atoms with Crippen LogP contribution < -0.4 is 19.9 Å². The second-order valence-electron chi connectivity index (χ2n) is 7.20. The number of rotatable bonds is 5. The molecule has 0 unspecified atom stereocenters. The quantitative estimate of drug-likeness (QED) is 0.425. The molecule has 1 N–H and O–H groups in total. The average molecular weight is 456 g/mol. The van der Waals surface area contributed by atoms with Crippen LogP contribution in [0.3, 0.4) is 0 Å². The maximum absolute atomic E-state index is 14.8. The van der Waals surface area contributed by atoms with Crippen molar-refractivity contribution in [1.29, 1.82) is 0 Å². The highest BCUT2D eigenvalue weighted by Gasteiger charge is 2.34. The van der Waals surface area contributed by atoms with Crippen molar-refractivity contribution < 1.29 is 23.5 Å². The van der Waals surface area contributed by atoms with Crippen LogP contribution in [0.25, 0.3) is 6.08 Å². The molecule has 9 heteroatoms. The molecule has 2 heterocycles. The number of nitrogens with zero attached hydrogens (tertiary/aromatic N) is 2. The summed E-state index contributed by atoms with van der Waals surface area (Å²) in [6, 6.07) is 11.5. The minimum absolute atomic E-state index is 0.0281. The lowest BCUT2D eigenvalue weighted by molar-refractivity contribution is -0.122. The number of carbonyl (C=O) groups excluding carboxylic acids is 2. The van der Waals surface area contributed by atoms with E-state index in [1.807, 2.05) is 11.8 Å². The SMILES string of the molecule is CCOc1cccc(N2C(=O)/C(=C/c3ccc(N4CCOCC4)c(F)c3)C(=O)NC2=S)c1. The van der Waals surface area contributed by atoms with Crippen LogP contribution in [-0.2, 0) is 14.3 Å². The Balaban J connectivity index is 1.63. The van der Waals surface area contributed by atoms with Gasteiger partial charge in [0.1, 0.15) is 17.1 Å². The highest BCUT2D eigenvalue weighted by atomic mass is 32.1. The fourth-order valence-corrected chi connectivity index (χ4v) is 3.89. The number of morpholine rings is 1. The van der Waals surface area contributed by atoms with E-state index < -0.39 is 17.6 Å². The van der Waals surface area contributed by atoms with Gasteiger partial charge in [-0.15, -0.1) is 0 Å². The third-order valence-corrected chi connectivity index (χ3v) is 5.41. The monoisotopic (exact) mass is 455 g/mol. The number of thiocarbonyl (C=S) groups is 1. The summed E-state index contributed by atoms with van der Waals surface area (Å²) < 4.78 is 25.6. The summed E-state index contributed by atoms with van der Waals surface area (Å²) in [5, 5.41) is 2.50. The van der Waals surface area contributed by atoms with Gasteiger partial charge in [-0.3, -0.25) is 19.8 Å². The minimum Gasteiger partial charge on any atom is -0.494 e. The molecule has 0 aliphatic carbocycles. The topological polar surface area (TPSA) is 71.1 Å². The lowest BCUT2D eigenvalue weighted by Gasteiger charge is -2.29. The normalized spacial score (nSPS) is 18.2. The third-order valence-electron chi connectivity index (χ3n) is 5.12. The Kier molecular flexibility index (Phi) is 6.48. The molecule has 2 fully saturated rings. The number of anilines is 2.